The van der Waals surface area contributed by atoms with Crippen molar-refractivity contribution in [1.82, 2.24) is 0 Å². The lowest BCUT2D eigenvalue weighted by Gasteiger charge is -2.21. The minimum Gasteiger partial charge on any atom is -0.480 e. The Morgan fingerprint density at radius 3 is 2.05 bits per heavy atom. The summed E-state index contributed by atoms with van der Waals surface area (Å²) in [7, 11) is 0. The molecule has 0 radical (unpaired) electrons. The van der Waals surface area contributed by atoms with Crippen molar-refractivity contribution in [2.75, 3.05) is 18.0 Å². The first kappa shape index (κ1) is 12.9. The van der Waals surface area contributed by atoms with Gasteiger partial charge in [0.15, 0.2) is 0 Å². The maximum Gasteiger partial charge on any atom is 0.323 e. The molecule has 0 saturated carbocycles. The van der Waals surface area contributed by atoms with Gasteiger partial charge >= 0.3 is 11.9 Å². The van der Waals surface area contributed by atoms with Gasteiger partial charge in [-0.05, 0) is 22.9 Å². The standard InChI is InChI=1S/C14H13NO4/c16-13(17)8-15(9-14(18)19)12-6-5-10-3-1-2-4-11(10)7-12/h1-7H,8-9H2,(H,16,17)(H,18,19). The molecule has 2 aromatic carbocycles. The molecule has 0 fully saturated rings. The Morgan fingerprint density at radius 1 is 0.895 bits per heavy atom. The SMILES string of the molecule is O=C(O)CN(CC(=O)O)c1ccc2ccccc2c1. The molecule has 0 aromatic heterocycles. The lowest BCUT2D eigenvalue weighted by molar-refractivity contribution is -0.136. The molecule has 2 rings (SSSR count). The Bertz CT molecular complexity index is 608. The molecule has 2 N–H and O–H groups in total. The largest absolute Gasteiger partial charge is 0.480 e. The molecule has 0 aliphatic carbocycles. The molecule has 0 heterocycles. The molecule has 0 saturated heterocycles. The van der Waals surface area contributed by atoms with Crippen LogP contribution < -0.4 is 4.90 Å². The molecule has 98 valence electrons. The lowest BCUT2D eigenvalue weighted by atomic mass is 10.1. The predicted molar refractivity (Wildman–Crippen MR) is 71.4 cm³/mol. The smallest absolute Gasteiger partial charge is 0.323 e. The van der Waals surface area contributed by atoms with Crippen LogP contribution in [-0.2, 0) is 9.59 Å². The number of benzene rings is 2. The van der Waals surface area contributed by atoms with E-state index in [1.807, 2.05) is 30.3 Å². The van der Waals surface area contributed by atoms with Crippen molar-refractivity contribution in [1.29, 1.82) is 0 Å². The molecule has 0 aliphatic heterocycles. The summed E-state index contributed by atoms with van der Waals surface area (Å²) in [5.74, 6) is -2.12. The summed E-state index contributed by atoms with van der Waals surface area (Å²) in [5.41, 5.74) is 0.587. The zero-order valence-corrected chi connectivity index (χ0v) is 10.1. The number of carboxylic acid groups (broad SMARTS) is 2. The van der Waals surface area contributed by atoms with Crippen molar-refractivity contribution in [3.63, 3.8) is 0 Å². The monoisotopic (exact) mass is 259 g/mol. The normalized spacial score (nSPS) is 10.3. The van der Waals surface area contributed by atoms with Gasteiger partial charge in [-0.2, -0.15) is 0 Å². The third-order valence-electron chi connectivity index (χ3n) is 2.75. The number of carbonyl (C=O) groups is 2. The highest BCUT2D eigenvalue weighted by Crippen LogP contribution is 2.21. The number of anilines is 1. The maximum absolute atomic E-state index is 10.8. The van der Waals surface area contributed by atoms with Gasteiger partial charge in [0.2, 0.25) is 0 Å². The first-order valence-corrected chi connectivity index (χ1v) is 5.73. The van der Waals surface area contributed by atoms with Crippen LogP contribution in [0.25, 0.3) is 10.8 Å². The van der Waals surface area contributed by atoms with Crippen LogP contribution >= 0.6 is 0 Å². The lowest BCUT2D eigenvalue weighted by Crippen LogP contribution is -2.34. The Kier molecular flexibility index (Phi) is 3.66. The van der Waals surface area contributed by atoms with Gasteiger partial charge in [-0.3, -0.25) is 9.59 Å². The summed E-state index contributed by atoms with van der Waals surface area (Å²) >= 11 is 0. The quantitative estimate of drug-likeness (QED) is 0.856. The predicted octanol–water partition coefficient (Wildman–Crippen LogP) is 1.82. The molecule has 0 amide bonds. The Labute approximate surface area is 109 Å². The molecule has 2 aromatic rings. The molecule has 0 unspecified atom stereocenters. The number of aliphatic carboxylic acids is 2. The topological polar surface area (TPSA) is 77.8 Å². The number of nitrogens with zero attached hydrogens (tertiary/aromatic N) is 1. The molecule has 0 aliphatic rings. The number of hydrogen-bond acceptors (Lipinski definition) is 3. The van der Waals surface area contributed by atoms with Crippen LogP contribution in [0.2, 0.25) is 0 Å². The molecular weight excluding hydrogens is 246 g/mol. The van der Waals surface area contributed by atoms with Gasteiger partial charge in [0.1, 0.15) is 13.1 Å². The fourth-order valence-corrected chi connectivity index (χ4v) is 1.94. The van der Waals surface area contributed by atoms with Crippen molar-refractivity contribution in [2.24, 2.45) is 0 Å². The average Bonchev–Trinajstić information content (AvgIpc) is 2.36. The van der Waals surface area contributed by atoms with E-state index in [0.717, 1.165) is 10.8 Å². The van der Waals surface area contributed by atoms with Crippen LogP contribution in [0.4, 0.5) is 5.69 Å². The third-order valence-corrected chi connectivity index (χ3v) is 2.75. The third kappa shape index (κ3) is 3.22. The highest BCUT2D eigenvalue weighted by atomic mass is 16.4. The number of fused-ring (bicyclic) bond motifs is 1. The highest BCUT2D eigenvalue weighted by molar-refractivity contribution is 5.88. The Morgan fingerprint density at radius 2 is 1.47 bits per heavy atom. The molecule has 5 heteroatoms. The van der Waals surface area contributed by atoms with E-state index in [1.165, 1.54) is 4.90 Å². The van der Waals surface area contributed by atoms with E-state index in [2.05, 4.69) is 0 Å². The zero-order valence-electron chi connectivity index (χ0n) is 10.1. The fraction of sp³-hybridized carbons (Fsp3) is 0.143. The van der Waals surface area contributed by atoms with Crippen molar-refractivity contribution >= 4 is 28.4 Å². The summed E-state index contributed by atoms with van der Waals surface area (Å²) in [6.07, 6.45) is 0. The van der Waals surface area contributed by atoms with E-state index in [9.17, 15) is 9.59 Å². The minimum absolute atomic E-state index is 0.343. The summed E-state index contributed by atoms with van der Waals surface area (Å²) in [6, 6.07) is 13.0. The number of rotatable bonds is 5. The molecule has 5 nitrogen and oxygen atoms in total. The molecule has 0 atom stereocenters. The van der Waals surface area contributed by atoms with Gasteiger partial charge in [-0.15, -0.1) is 0 Å². The van der Waals surface area contributed by atoms with Crippen LogP contribution in [0.1, 0.15) is 0 Å². The van der Waals surface area contributed by atoms with Gasteiger partial charge < -0.3 is 15.1 Å². The first-order valence-electron chi connectivity index (χ1n) is 5.73. The number of carboxylic acids is 2. The number of hydrogen-bond donors (Lipinski definition) is 2. The highest BCUT2D eigenvalue weighted by Gasteiger charge is 2.14. The van der Waals surface area contributed by atoms with Crippen LogP contribution in [0, 0.1) is 0 Å². The summed E-state index contributed by atoms with van der Waals surface area (Å²) < 4.78 is 0. The molecule has 19 heavy (non-hydrogen) atoms. The summed E-state index contributed by atoms with van der Waals surface area (Å²) in [4.78, 5) is 22.9. The minimum atomic E-state index is -1.06. The van der Waals surface area contributed by atoms with Crippen LogP contribution in [-0.4, -0.2) is 35.2 Å². The van der Waals surface area contributed by atoms with Gasteiger partial charge in [0.25, 0.3) is 0 Å². The molecule has 0 bridgehead atoms. The van der Waals surface area contributed by atoms with Crippen LogP contribution in [0.3, 0.4) is 0 Å². The first-order chi connectivity index (χ1) is 9.06. The second-order valence-corrected chi connectivity index (χ2v) is 4.17. The van der Waals surface area contributed by atoms with Crippen molar-refractivity contribution in [3.05, 3.63) is 42.5 Å². The van der Waals surface area contributed by atoms with E-state index >= 15 is 0 Å². The molecular formula is C14H13NO4. The van der Waals surface area contributed by atoms with E-state index in [4.69, 9.17) is 10.2 Å². The van der Waals surface area contributed by atoms with Gasteiger partial charge in [-0.1, -0.05) is 30.3 Å². The second kappa shape index (κ2) is 5.39. The van der Waals surface area contributed by atoms with E-state index in [0.29, 0.717) is 5.69 Å². The van der Waals surface area contributed by atoms with Crippen molar-refractivity contribution < 1.29 is 19.8 Å². The maximum atomic E-state index is 10.8. The van der Waals surface area contributed by atoms with Crippen molar-refractivity contribution in [3.8, 4) is 0 Å². The van der Waals surface area contributed by atoms with Gasteiger partial charge in [-0.25, -0.2) is 0 Å². The summed E-state index contributed by atoms with van der Waals surface area (Å²) in [5, 5.41) is 19.6. The Balaban J connectivity index is 2.37. The van der Waals surface area contributed by atoms with Crippen molar-refractivity contribution in [2.45, 2.75) is 0 Å². The van der Waals surface area contributed by atoms with Gasteiger partial charge in [0, 0.05) is 5.69 Å². The molecule has 0 spiro atoms. The second-order valence-electron chi connectivity index (χ2n) is 4.17. The zero-order chi connectivity index (χ0) is 13.8. The fourth-order valence-electron chi connectivity index (χ4n) is 1.94. The van der Waals surface area contributed by atoms with E-state index in [-0.39, 0.29) is 13.1 Å². The van der Waals surface area contributed by atoms with Gasteiger partial charge in [0.05, 0.1) is 0 Å². The van der Waals surface area contributed by atoms with Crippen LogP contribution in [0.15, 0.2) is 42.5 Å². The van der Waals surface area contributed by atoms with E-state index in [1.54, 1.807) is 12.1 Å². The summed E-state index contributed by atoms with van der Waals surface area (Å²) in [6.45, 7) is -0.685. The van der Waals surface area contributed by atoms with E-state index < -0.39 is 11.9 Å². The average molecular weight is 259 g/mol. The Hall–Kier alpha value is -2.56. The van der Waals surface area contributed by atoms with Crippen LogP contribution in [0.5, 0.6) is 0 Å².